The number of hydrogen-bond acceptors (Lipinski definition) is 6. The fraction of sp³-hybridized carbons (Fsp3) is 0.312. The minimum atomic E-state index is 0.212. The van der Waals surface area contributed by atoms with Gasteiger partial charge in [0.1, 0.15) is 6.33 Å². The van der Waals surface area contributed by atoms with Gasteiger partial charge in [-0.2, -0.15) is 16.9 Å². The van der Waals surface area contributed by atoms with Gasteiger partial charge in [-0.3, -0.25) is 5.10 Å². The maximum atomic E-state index is 5.64. The largest absolute Gasteiger partial charge is 0.375 e. The number of anilines is 2. The van der Waals surface area contributed by atoms with E-state index >= 15 is 0 Å². The second-order valence-electron chi connectivity index (χ2n) is 6.19. The Hall–Kier alpha value is -2.48. The number of nitrogens with two attached hydrogens (primary N) is 1. The third-order valence-corrected chi connectivity index (χ3v) is 6.10. The number of aryl methyl sites for hydroxylation is 1. The molecule has 0 saturated carbocycles. The number of fused-ring (bicyclic) bond motifs is 5. The molecule has 4 heterocycles. The van der Waals surface area contributed by atoms with Gasteiger partial charge < -0.3 is 11.1 Å². The zero-order chi connectivity index (χ0) is 16.3. The highest BCUT2D eigenvalue weighted by Crippen LogP contribution is 2.52. The summed E-state index contributed by atoms with van der Waals surface area (Å²) >= 11 is 1.99. The van der Waals surface area contributed by atoms with Crippen molar-refractivity contribution >= 4 is 23.4 Å². The number of aromatic amines is 1. The summed E-state index contributed by atoms with van der Waals surface area (Å²) in [5, 5.41) is 15.9. The molecule has 2 aromatic heterocycles. The molecule has 2 aliphatic rings. The van der Waals surface area contributed by atoms with Crippen LogP contribution in [-0.2, 0) is 6.42 Å². The Kier molecular flexibility index (Phi) is 2.90. The van der Waals surface area contributed by atoms with E-state index in [-0.39, 0.29) is 12.0 Å². The van der Waals surface area contributed by atoms with Crippen LogP contribution < -0.4 is 11.1 Å². The van der Waals surface area contributed by atoms with E-state index in [0.717, 1.165) is 23.6 Å². The first-order valence-corrected chi connectivity index (χ1v) is 8.99. The van der Waals surface area contributed by atoms with Gasteiger partial charge in [-0.25, -0.2) is 9.67 Å². The topological polar surface area (TPSA) is 97.4 Å². The highest BCUT2D eigenvalue weighted by molar-refractivity contribution is 7.99. The zero-order valence-electron chi connectivity index (χ0n) is 13.2. The van der Waals surface area contributed by atoms with Crippen LogP contribution in [0.2, 0.25) is 0 Å². The van der Waals surface area contributed by atoms with Gasteiger partial charge in [-0.05, 0) is 48.4 Å². The first-order chi connectivity index (χ1) is 11.7. The van der Waals surface area contributed by atoms with Crippen molar-refractivity contribution in [2.75, 3.05) is 16.8 Å². The van der Waals surface area contributed by atoms with Gasteiger partial charge in [-0.15, -0.1) is 5.10 Å². The summed E-state index contributed by atoms with van der Waals surface area (Å²) < 4.78 is 1.72. The van der Waals surface area contributed by atoms with Gasteiger partial charge in [-0.1, -0.05) is 0 Å². The molecule has 2 unspecified atom stereocenters. The number of aromatic nitrogens is 5. The Labute approximate surface area is 143 Å². The number of thioether (sulfide) groups is 1. The second kappa shape index (κ2) is 5.01. The molecule has 0 amide bonds. The summed E-state index contributed by atoms with van der Waals surface area (Å²) in [4.78, 5) is 4.01. The standard InChI is InChI=1S/C16H17N7S/c1-8-10-4-5-24-15-11-6-9(23-7-18-16(17)22-23)2-3-12(11)19-14(15)13(10)21-20-8/h2-3,6-7,14-15,19H,4-5H2,1H3,(H2,17,22)(H,20,21). The summed E-state index contributed by atoms with van der Waals surface area (Å²) in [6.45, 7) is 2.10. The third-order valence-electron chi connectivity index (χ3n) is 4.78. The van der Waals surface area contributed by atoms with Crippen molar-refractivity contribution in [2.45, 2.75) is 24.6 Å². The number of nitrogens with zero attached hydrogens (tertiary/aromatic N) is 4. The molecule has 3 aromatic rings. The van der Waals surface area contributed by atoms with Gasteiger partial charge in [0.2, 0.25) is 5.95 Å². The molecule has 4 N–H and O–H groups in total. The molecule has 0 aliphatic carbocycles. The zero-order valence-corrected chi connectivity index (χ0v) is 14.0. The van der Waals surface area contributed by atoms with Crippen LogP contribution in [0, 0.1) is 6.92 Å². The molecule has 0 radical (unpaired) electrons. The normalized spacial score (nSPS) is 21.5. The monoisotopic (exact) mass is 339 g/mol. The molecular weight excluding hydrogens is 322 g/mol. The lowest BCUT2D eigenvalue weighted by molar-refractivity contribution is 0.761. The van der Waals surface area contributed by atoms with E-state index in [9.17, 15) is 0 Å². The van der Waals surface area contributed by atoms with Crippen molar-refractivity contribution in [3.63, 3.8) is 0 Å². The van der Waals surface area contributed by atoms with E-state index in [2.05, 4.69) is 44.7 Å². The Morgan fingerprint density at radius 2 is 2.29 bits per heavy atom. The Morgan fingerprint density at radius 3 is 3.12 bits per heavy atom. The fourth-order valence-electron chi connectivity index (χ4n) is 3.61. The molecule has 7 nitrogen and oxygen atoms in total. The lowest BCUT2D eigenvalue weighted by Gasteiger charge is -2.16. The molecule has 122 valence electrons. The lowest BCUT2D eigenvalue weighted by atomic mass is 10.0. The first-order valence-electron chi connectivity index (χ1n) is 7.94. The predicted molar refractivity (Wildman–Crippen MR) is 94.4 cm³/mol. The van der Waals surface area contributed by atoms with Gasteiger partial charge in [0.05, 0.1) is 22.7 Å². The molecule has 2 atom stereocenters. The van der Waals surface area contributed by atoms with E-state index in [1.807, 2.05) is 17.8 Å². The summed E-state index contributed by atoms with van der Waals surface area (Å²) in [6, 6.07) is 6.53. The van der Waals surface area contributed by atoms with Crippen LogP contribution in [0.1, 0.15) is 33.8 Å². The van der Waals surface area contributed by atoms with Crippen LogP contribution >= 0.6 is 11.8 Å². The van der Waals surface area contributed by atoms with E-state index < -0.39 is 0 Å². The molecule has 24 heavy (non-hydrogen) atoms. The highest BCUT2D eigenvalue weighted by atomic mass is 32.2. The average Bonchev–Trinajstić information content (AvgIpc) is 3.23. The second-order valence-corrected chi connectivity index (χ2v) is 7.44. The van der Waals surface area contributed by atoms with Gasteiger partial charge in [0, 0.05) is 11.4 Å². The molecule has 5 rings (SSSR count). The van der Waals surface area contributed by atoms with E-state index in [1.165, 1.54) is 22.5 Å². The summed E-state index contributed by atoms with van der Waals surface area (Å²) in [5.41, 5.74) is 12.8. The van der Waals surface area contributed by atoms with Crippen molar-refractivity contribution in [3.8, 4) is 5.69 Å². The SMILES string of the molecule is Cc1[nH]nc2c1CCSC1c3cc(-n4cnc(N)n4)ccc3NC21. The summed E-state index contributed by atoms with van der Waals surface area (Å²) in [6.07, 6.45) is 2.71. The van der Waals surface area contributed by atoms with Crippen molar-refractivity contribution in [1.29, 1.82) is 0 Å². The van der Waals surface area contributed by atoms with Gasteiger partial charge in [0.15, 0.2) is 0 Å². The number of rotatable bonds is 1. The average molecular weight is 339 g/mol. The van der Waals surface area contributed by atoms with Crippen molar-refractivity contribution in [3.05, 3.63) is 47.0 Å². The molecule has 8 heteroatoms. The maximum Gasteiger partial charge on any atom is 0.239 e. The molecule has 1 aromatic carbocycles. The first kappa shape index (κ1) is 13.9. The Balaban J connectivity index is 1.58. The van der Waals surface area contributed by atoms with E-state index in [1.54, 1.807) is 11.0 Å². The molecule has 0 bridgehead atoms. The van der Waals surface area contributed by atoms with Crippen molar-refractivity contribution < 1.29 is 0 Å². The van der Waals surface area contributed by atoms with Gasteiger partial charge in [0.25, 0.3) is 0 Å². The highest BCUT2D eigenvalue weighted by Gasteiger charge is 2.38. The molecule has 0 spiro atoms. The smallest absolute Gasteiger partial charge is 0.239 e. The summed E-state index contributed by atoms with van der Waals surface area (Å²) in [7, 11) is 0. The third kappa shape index (κ3) is 1.96. The molecule has 2 aliphatic heterocycles. The predicted octanol–water partition coefficient (Wildman–Crippen LogP) is 2.38. The van der Waals surface area contributed by atoms with Crippen LogP contribution in [0.5, 0.6) is 0 Å². The molecule has 0 fully saturated rings. The van der Waals surface area contributed by atoms with Crippen molar-refractivity contribution in [1.82, 2.24) is 25.0 Å². The molecule has 0 saturated heterocycles. The number of nitrogens with one attached hydrogen (secondary N) is 2. The number of hydrogen-bond donors (Lipinski definition) is 3. The minimum Gasteiger partial charge on any atom is -0.375 e. The van der Waals surface area contributed by atoms with Crippen LogP contribution in [0.3, 0.4) is 0 Å². The van der Waals surface area contributed by atoms with E-state index in [4.69, 9.17) is 5.73 Å². The number of benzene rings is 1. The number of H-pyrrole nitrogens is 1. The minimum absolute atomic E-state index is 0.212. The Bertz CT molecular complexity index is 928. The van der Waals surface area contributed by atoms with Crippen LogP contribution in [0.25, 0.3) is 5.69 Å². The maximum absolute atomic E-state index is 5.64. The number of nitrogen functional groups attached to an aromatic ring is 1. The van der Waals surface area contributed by atoms with Gasteiger partial charge >= 0.3 is 0 Å². The van der Waals surface area contributed by atoms with Crippen molar-refractivity contribution in [2.24, 2.45) is 0 Å². The van der Waals surface area contributed by atoms with Crippen LogP contribution in [0.15, 0.2) is 24.5 Å². The van der Waals surface area contributed by atoms with Crippen LogP contribution in [-0.4, -0.2) is 30.7 Å². The lowest BCUT2D eigenvalue weighted by Crippen LogP contribution is -2.10. The van der Waals surface area contributed by atoms with E-state index in [0.29, 0.717) is 5.25 Å². The van der Waals surface area contributed by atoms with Crippen LogP contribution in [0.4, 0.5) is 11.6 Å². The quantitative estimate of drug-likeness (QED) is 0.630. The summed E-state index contributed by atoms with van der Waals surface area (Å²) in [5.74, 6) is 1.38. The molecular formula is C16H17N7S. The Morgan fingerprint density at radius 1 is 1.38 bits per heavy atom. The fourth-order valence-corrected chi connectivity index (χ4v) is 4.95.